The number of halogens is 1. The molecule has 0 aliphatic rings. The highest BCUT2D eigenvalue weighted by Crippen LogP contribution is 2.06. The van der Waals surface area contributed by atoms with E-state index in [0.29, 0.717) is 5.56 Å². The molecule has 0 spiro atoms. The summed E-state index contributed by atoms with van der Waals surface area (Å²) in [7, 11) is 0. The van der Waals surface area contributed by atoms with Crippen LogP contribution in [0.5, 0.6) is 0 Å². The van der Waals surface area contributed by atoms with E-state index in [1.54, 1.807) is 19.1 Å². The maximum atomic E-state index is 11.5. The summed E-state index contributed by atoms with van der Waals surface area (Å²) in [5.74, 6) is 2.31. The van der Waals surface area contributed by atoms with E-state index in [1.165, 1.54) is 0 Å². The molecule has 0 aromatic heterocycles. The number of hydrogen-bond donors (Lipinski definition) is 1. The number of carbonyl (C=O) groups is 1. The first-order valence-electron chi connectivity index (χ1n) is 4.16. The molecule has 1 unspecified atom stereocenters. The van der Waals surface area contributed by atoms with Crippen molar-refractivity contribution in [3.8, 4) is 12.3 Å². The van der Waals surface area contributed by atoms with Gasteiger partial charge >= 0.3 is 0 Å². The molecule has 0 bridgehead atoms. The molecule has 2 nitrogen and oxygen atoms in total. The lowest BCUT2D eigenvalue weighted by molar-refractivity contribution is 0.0948. The summed E-state index contributed by atoms with van der Waals surface area (Å²) >= 11 is 2.19. The largest absolute Gasteiger partial charge is 0.339 e. The van der Waals surface area contributed by atoms with Gasteiger partial charge in [0.2, 0.25) is 0 Å². The Bertz CT molecular complexity index is 364. The molecule has 1 atom stereocenters. The molecule has 72 valence electrons. The van der Waals surface area contributed by atoms with Crippen molar-refractivity contribution < 1.29 is 4.79 Å². The summed E-state index contributed by atoms with van der Waals surface area (Å²) in [6, 6.07) is 7.09. The van der Waals surface area contributed by atoms with Gasteiger partial charge in [-0.1, -0.05) is 5.92 Å². The maximum absolute atomic E-state index is 11.5. The summed E-state index contributed by atoms with van der Waals surface area (Å²) in [5.41, 5.74) is 0.632. The Balaban J connectivity index is 2.71. The smallest absolute Gasteiger partial charge is 0.252 e. The van der Waals surface area contributed by atoms with E-state index >= 15 is 0 Å². The Morgan fingerprint density at radius 3 is 2.57 bits per heavy atom. The van der Waals surface area contributed by atoms with Crippen LogP contribution in [0.1, 0.15) is 17.3 Å². The van der Waals surface area contributed by atoms with Gasteiger partial charge in [-0.2, -0.15) is 0 Å². The molecule has 3 heteroatoms. The number of hydrogen-bond acceptors (Lipinski definition) is 1. The summed E-state index contributed by atoms with van der Waals surface area (Å²) in [6.07, 6.45) is 5.16. The van der Waals surface area contributed by atoms with Crippen LogP contribution in [-0.2, 0) is 0 Å². The van der Waals surface area contributed by atoms with Crippen molar-refractivity contribution in [2.45, 2.75) is 13.0 Å². The molecule has 0 saturated heterocycles. The van der Waals surface area contributed by atoms with Gasteiger partial charge < -0.3 is 5.32 Å². The van der Waals surface area contributed by atoms with E-state index in [0.717, 1.165) is 3.57 Å². The van der Waals surface area contributed by atoms with Crippen LogP contribution in [0.2, 0.25) is 0 Å². The topological polar surface area (TPSA) is 29.1 Å². The lowest BCUT2D eigenvalue weighted by Crippen LogP contribution is -2.31. The van der Waals surface area contributed by atoms with Crippen molar-refractivity contribution in [3.63, 3.8) is 0 Å². The van der Waals surface area contributed by atoms with E-state index in [2.05, 4.69) is 33.8 Å². The summed E-state index contributed by atoms with van der Waals surface area (Å²) in [5, 5.41) is 2.69. The third-order valence-corrected chi connectivity index (χ3v) is 2.42. The average molecular weight is 299 g/mol. The first kappa shape index (κ1) is 11.1. The highest BCUT2D eigenvalue weighted by atomic mass is 127. The van der Waals surface area contributed by atoms with E-state index < -0.39 is 0 Å². The molecular weight excluding hydrogens is 289 g/mol. The van der Waals surface area contributed by atoms with Crippen LogP contribution in [0.3, 0.4) is 0 Å². The van der Waals surface area contributed by atoms with E-state index in [4.69, 9.17) is 6.42 Å². The Labute approximate surface area is 97.2 Å². The normalized spacial score (nSPS) is 11.5. The zero-order valence-corrected chi connectivity index (χ0v) is 9.91. The SMILES string of the molecule is C#CC(C)NC(=O)c1ccc(I)cc1. The first-order valence-corrected chi connectivity index (χ1v) is 5.24. The number of amides is 1. The third-order valence-electron chi connectivity index (χ3n) is 1.70. The van der Waals surface area contributed by atoms with Crippen LogP contribution < -0.4 is 5.32 Å². The minimum Gasteiger partial charge on any atom is -0.339 e. The molecular formula is C11H10INO. The van der Waals surface area contributed by atoms with Crippen molar-refractivity contribution in [2.75, 3.05) is 0 Å². The van der Waals surface area contributed by atoms with Crippen LogP contribution in [0.4, 0.5) is 0 Å². The Morgan fingerprint density at radius 2 is 2.07 bits per heavy atom. The van der Waals surface area contributed by atoms with Gasteiger partial charge in [0.25, 0.3) is 5.91 Å². The summed E-state index contributed by atoms with van der Waals surface area (Å²) in [6.45, 7) is 1.77. The van der Waals surface area contributed by atoms with Crippen molar-refractivity contribution >= 4 is 28.5 Å². The van der Waals surface area contributed by atoms with Crippen LogP contribution in [-0.4, -0.2) is 11.9 Å². The molecule has 1 aromatic carbocycles. The Hall–Kier alpha value is -1.02. The highest BCUT2D eigenvalue weighted by Gasteiger charge is 2.06. The molecule has 0 aliphatic carbocycles. The van der Waals surface area contributed by atoms with Crippen LogP contribution >= 0.6 is 22.6 Å². The predicted octanol–water partition coefficient (Wildman–Crippen LogP) is 2.04. The van der Waals surface area contributed by atoms with Crippen molar-refractivity contribution in [2.24, 2.45) is 0 Å². The van der Waals surface area contributed by atoms with E-state index in [1.807, 2.05) is 12.1 Å². The molecule has 14 heavy (non-hydrogen) atoms. The van der Waals surface area contributed by atoms with Gasteiger partial charge in [-0.15, -0.1) is 6.42 Å². The second kappa shape index (κ2) is 5.01. The zero-order chi connectivity index (χ0) is 10.6. The lowest BCUT2D eigenvalue weighted by atomic mass is 10.2. The maximum Gasteiger partial charge on any atom is 0.252 e. The minimum atomic E-state index is -0.234. The number of carbonyl (C=O) groups excluding carboxylic acids is 1. The second-order valence-electron chi connectivity index (χ2n) is 2.87. The van der Waals surface area contributed by atoms with Crippen molar-refractivity contribution in [1.82, 2.24) is 5.32 Å². The van der Waals surface area contributed by atoms with Gasteiger partial charge in [-0.3, -0.25) is 4.79 Å². The molecule has 0 aliphatic heterocycles. The van der Waals surface area contributed by atoms with Crippen LogP contribution in [0.15, 0.2) is 24.3 Å². The predicted molar refractivity (Wildman–Crippen MR) is 64.9 cm³/mol. The van der Waals surface area contributed by atoms with Crippen LogP contribution in [0.25, 0.3) is 0 Å². The fourth-order valence-corrected chi connectivity index (χ4v) is 1.28. The van der Waals surface area contributed by atoms with Gasteiger partial charge in [0.05, 0.1) is 6.04 Å². The van der Waals surface area contributed by atoms with Crippen molar-refractivity contribution in [3.05, 3.63) is 33.4 Å². The van der Waals surface area contributed by atoms with Gasteiger partial charge in [0.1, 0.15) is 0 Å². The molecule has 1 amide bonds. The quantitative estimate of drug-likeness (QED) is 0.657. The fraction of sp³-hybridized carbons (Fsp3) is 0.182. The van der Waals surface area contributed by atoms with E-state index in [9.17, 15) is 4.79 Å². The third kappa shape index (κ3) is 3.04. The molecule has 0 fully saturated rings. The molecule has 1 N–H and O–H groups in total. The number of rotatable bonds is 2. The lowest BCUT2D eigenvalue weighted by Gasteiger charge is -2.07. The number of terminal acetylenes is 1. The van der Waals surface area contributed by atoms with Gasteiger partial charge in [0.15, 0.2) is 0 Å². The highest BCUT2D eigenvalue weighted by molar-refractivity contribution is 14.1. The monoisotopic (exact) mass is 299 g/mol. The molecule has 0 heterocycles. The zero-order valence-electron chi connectivity index (χ0n) is 7.75. The Morgan fingerprint density at radius 1 is 1.50 bits per heavy atom. The minimum absolute atomic E-state index is 0.133. The summed E-state index contributed by atoms with van der Waals surface area (Å²) < 4.78 is 1.10. The molecule has 0 radical (unpaired) electrons. The number of benzene rings is 1. The first-order chi connectivity index (χ1) is 6.63. The average Bonchev–Trinajstić information content (AvgIpc) is 2.18. The van der Waals surface area contributed by atoms with Crippen LogP contribution in [0, 0.1) is 15.9 Å². The van der Waals surface area contributed by atoms with Gasteiger partial charge in [-0.05, 0) is 53.8 Å². The fourth-order valence-electron chi connectivity index (χ4n) is 0.923. The van der Waals surface area contributed by atoms with Gasteiger partial charge in [-0.25, -0.2) is 0 Å². The number of nitrogens with one attached hydrogen (secondary N) is 1. The Kier molecular flexibility index (Phi) is 3.96. The molecule has 0 saturated carbocycles. The summed E-state index contributed by atoms with van der Waals surface area (Å²) in [4.78, 5) is 11.5. The standard InChI is InChI=1S/C11H10INO/c1-3-8(2)13-11(14)9-4-6-10(12)7-5-9/h1,4-8H,2H3,(H,13,14). The second-order valence-corrected chi connectivity index (χ2v) is 4.11. The van der Waals surface area contributed by atoms with E-state index in [-0.39, 0.29) is 11.9 Å². The van der Waals surface area contributed by atoms with Gasteiger partial charge in [0, 0.05) is 9.13 Å². The van der Waals surface area contributed by atoms with Crippen molar-refractivity contribution in [1.29, 1.82) is 0 Å². The molecule has 1 aromatic rings. The molecule has 1 rings (SSSR count).